The van der Waals surface area contributed by atoms with Gasteiger partial charge in [-0.05, 0) is 29.7 Å². The second-order valence-corrected chi connectivity index (χ2v) is 6.42. The molecule has 3 aliphatic heterocycles. The predicted molar refractivity (Wildman–Crippen MR) is 74.2 cm³/mol. The van der Waals surface area contributed by atoms with Gasteiger partial charge < -0.3 is 19.7 Å². The molecule has 0 aromatic heterocycles. The lowest BCUT2D eigenvalue weighted by atomic mass is 9.65. The number of ether oxygens (including phenoxy) is 2. The van der Waals surface area contributed by atoms with Gasteiger partial charge in [-0.2, -0.15) is 0 Å². The molecule has 5 nitrogen and oxygen atoms in total. The normalized spacial score (nSPS) is 41.8. The minimum Gasteiger partial charge on any atom is -0.454 e. The van der Waals surface area contributed by atoms with Gasteiger partial charge in [-0.1, -0.05) is 12.2 Å². The summed E-state index contributed by atoms with van der Waals surface area (Å²) < 4.78 is 11.0. The molecule has 5 rings (SSSR count). The summed E-state index contributed by atoms with van der Waals surface area (Å²) in [5, 5.41) is 20.7. The van der Waals surface area contributed by atoms with E-state index in [9.17, 15) is 10.2 Å². The first-order valence-electron chi connectivity index (χ1n) is 7.41. The standard InChI is InChI=1S/C16H17NO4/c18-10-1-2-16-11-5-13-12(20-8-21-13)3-9(11)6-17(7-15(16)19)14(16)4-10/h1-3,5,10,14-15,18-19H,4,6-8H2. The first kappa shape index (κ1) is 12.0. The zero-order valence-corrected chi connectivity index (χ0v) is 11.5. The molecular weight excluding hydrogens is 270 g/mol. The highest BCUT2D eigenvalue weighted by Gasteiger charge is 2.58. The highest BCUT2D eigenvalue weighted by molar-refractivity contribution is 5.56. The fourth-order valence-electron chi connectivity index (χ4n) is 4.53. The van der Waals surface area contributed by atoms with Crippen molar-refractivity contribution in [2.75, 3.05) is 13.3 Å². The van der Waals surface area contributed by atoms with Gasteiger partial charge in [0, 0.05) is 19.1 Å². The smallest absolute Gasteiger partial charge is 0.231 e. The molecule has 1 fully saturated rings. The second-order valence-electron chi connectivity index (χ2n) is 6.42. The average Bonchev–Trinajstić information content (AvgIpc) is 2.99. The van der Waals surface area contributed by atoms with Crippen LogP contribution < -0.4 is 9.47 Å². The van der Waals surface area contributed by atoms with Crippen molar-refractivity contribution in [3.8, 4) is 11.5 Å². The molecule has 0 spiro atoms. The van der Waals surface area contributed by atoms with Crippen molar-refractivity contribution in [1.82, 2.24) is 4.90 Å². The lowest BCUT2D eigenvalue weighted by molar-refractivity contribution is 0.0937. The molecule has 0 amide bonds. The van der Waals surface area contributed by atoms with Crippen molar-refractivity contribution in [3.05, 3.63) is 35.4 Å². The van der Waals surface area contributed by atoms with Crippen molar-refractivity contribution in [2.45, 2.75) is 36.6 Å². The van der Waals surface area contributed by atoms with Crippen molar-refractivity contribution in [3.63, 3.8) is 0 Å². The topological polar surface area (TPSA) is 62.2 Å². The van der Waals surface area contributed by atoms with Crippen LogP contribution in [0.2, 0.25) is 0 Å². The van der Waals surface area contributed by atoms with Crippen LogP contribution in [0.15, 0.2) is 24.3 Å². The molecule has 0 saturated carbocycles. The summed E-state index contributed by atoms with van der Waals surface area (Å²) in [6, 6.07) is 4.22. The summed E-state index contributed by atoms with van der Waals surface area (Å²) in [6.45, 7) is 1.69. The molecular formula is C16H17NO4. The van der Waals surface area contributed by atoms with Crippen LogP contribution in [0.4, 0.5) is 0 Å². The van der Waals surface area contributed by atoms with E-state index in [1.165, 1.54) is 5.56 Å². The maximum absolute atomic E-state index is 10.7. The van der Waals surface area contributed by atoms with E-state index in [-0.39, 0.29) is 12.8 Å². The number of hydrogen-bond donors (Lipinski definition) is 2. The van der Waals surface area contributed by atoms with Crippen molar-refractivity contribution in [1.29, 1.82) is 0 Å². The number of benzene rings is 1. The van der Waals surface area contributed by atoms with Crippen LogP contribution in [-0.4, -0.2) is 46.7 Å². The lowest BCUT2D eigenvalue weighted by Crippen LogP contribution is -2.52. The average molecular weight is 287 g/mol. The molecule has 1 saturated heterocycles. The van der Waals surface area contributed by atoms with E-state index >= 15 is 0 Å². The Morgan fingerprint density at radius 2 is 2.00 bits per heavy atom. The Kier molecular flexibility index (Phi) is 2.17. The lowest BCUT2D eigenvalue weighted by Gasteiger charge is -2.45. The zero-order chi connectivity index (χ0) is 14.2. The molecule has 21 heavy (non-hydrogen) atoms. The molecule has 1 aromatic carbocycles. The quantitative estimate of drug-likeness (QED) is 0.682. The fraction of sp³-hybridized carbons (Fsp3) is 0.500. The van der Waals surface area contributed by atoms with Crippen LogP contribution in [0, 0.1) is 0 Å². The second kappa shape index (κ2) is 3.80. The molecule has 2 bridgehead atoms. The van der Waals surface area contributed by atoms with Crippen molar-refractivity contribution < 1.29 is 19.7 Å². The van der Waals surface area contributed by atoms with E-state index in [0.29, 0.717) is 13.0 Å². The maximum atomic E-state index is 10.7. The molecule has 4 aliphatic rings. The number of fused-ring (bicyclic) bond motifs is 2. The molecule has 110 valence electrons. The van der Waals surface area contributed by atoms with Gasteiger partial charge in [-0.25, -0.2) is 0 Å². The Balaban J connectivity index is 1.76. The van der Waals surface area contributed by atoms with Crippen LogP contribution in [0.3, 0.4) is 0 Å². The number of hydrogen-bond acceptors (Lipinski definition) is 5. The Hall–Kier alpha value is -1.56. The molecule has 5 unspecified atom stereocenters. The van der Waals surface area contributed by atoms with E-state index in [0.717, 1.165) is 23.6 Å². The Labute approximate surface area is 122 Å². The third kappa shape index (κ3) is 1.36. The molecule has 3 heterocycles. The molecule has 0 radical (unpaired) electrons. The third-order valence-corrected chi connectivity index (χ3v) is 5.45. The monoisotopic (exact) mass is 287 g/mol. The Morgan fingerprint density at radius 1 is 1.19 bits per heavy atom. The highest BCUT2D eigenvalue weighted by Crippen LogP contribution is 2.53. The summed E-state index contributed by atoms with van der Waals surface area (Å²) in [7, 11) is 0. The third-order valence-electron chi connectivity index (χ3n) is 5.45. The van der Waals surface area contributed by atoms with E-state index in [4.69, 9.17) is 9.47 Å². The van der Waals surface area contributed by atoms with Crippen LogP contribution in [-0.2, 0) is 12.0 Å². The minimum absolute atomic E-state index is 0.153. The fourth-order valence-corrected chi connectivity index (χ4v) is 4.53. The highest BCUT2D eigenvalue weighted by atomic mass is 16.7. The van der Waals surface area contributed by atoms with Gasteiger partial charge in [0.2, 0.25) is 6.79 Å². The van der Waals surface area contributed by atoms with Gasteiger partial charge in [-0.3, -0.25) is 4.90 Å². The Morgan fingerprint density at radius 3 is 2.86 bits per heavy atom. The molecule has 5 heteroatoms. The Bertz CT molecular complexity index is 658. The first-order chi connectivity index (χ1) is 10.2. The number of rotatable bonds is 0. The number of aliphatic hydroxyl groups excluding tert-OH is 2. The van der Waals surface area contributed by atoms with E-state index < -0.39 is 17.6 Å². The summed E-state index contributed by atoms with van der Waals surface area (Å²) in [6.07, 6.45) is 3.63. The van der Waals surface area contributed by atoms with Gasteiger partial charge in [0.15, 0.2) is 11.5 Å². The van der Waals surface area contributed by atoms with Gasteiger partial charge >= 0.3 is 0 Å². The summed E-state index contributed by atoms with van der Waals surface area (Å²) in [5.41, 5.74) is 1.89. The van der Waals surface area contributed by atoms with Gasteiger partial charge in [0.05, 0.1) is 17.6 Å². The largest absolute Gasteiger partial charge is 0.454 e. The van der Waals surface area contributed by atoms with Crippen LogP contribution in [0.25, 0.3) is 0 Å². The minimum atomic E-state index is -0.451. The maximum Gasteiger partial charge on any atom is 0.231 e. The molecule has 5 atom stereocenters. The van der Waals surface area contributed by atoms with E-state index in [1.807, 2.05) is 24.3 Å². The van der Waals surface area contributed by atoms with Crippen LogP contribution in [0.5, 0.6) is 11.5 Å². The summed E-state index contributed by atoms with van der Waals surface area (Å²) >= 11 is 0. The molecule has 1 aliphatic carbocycles. The van der Waals surface area contributed by atoms with E-state index in [2.05, 4.69) is 4.90 Å². The van der Waals surface area contributed by atoms with Gasteiger partial charge in [0.1, 0.15) is 0 Å². The molecule has 1 aromatic rings. The van der Waals surface area contributed by atoms with Crippen molar-refractivity contribution in [2.24, 2.45) is 0 Å². The summed E-state index contributed by atoms with van der Waals surface area (Å²) in [5.74, 6) is 1.55. The first-order valence-corrected chi connectivity index (χ1v) is 7.41. The van der Waals surface area contributed by atoms with E-state index in [1.54, 1.807) is 0 Å². The number of aliphatic hydroxyl groups is 2. The predicted octanol–water partition coefficient (Wildman–Crippen LogP) is 0.533. The van der Waals surface area contributed by atoms with Gasteiger partial charge in [-0.15, -0.1) is 0 Å². The number of nitrogens with zero attached hydrogens (tertiary/aromatic N) is 1. The van der Waals surface area contributed by atoms with Crippen LogP contribution in [0.1, 0.15) is 17.5 Å². The van der Waals surface area contributed by atoms with Crippen molar-refractivity contribution >= 4 is 0 Å². The summed E-state index contributed by atoms with van der Waals surface area (Å²) in [4.78, 5) is 2.28. The van der Waals surface area contributed by atoms with Gasteiger partial charge in [0.25, 0.3) is 0 Å². The SMILES string of the molecule is OC1C=CC23c4cc5c(cc4CN(CC2O)C3C1)OCO5. The zero-order valence-electron chi connectivity index (χ0n) is 11.5. The molecule has 2 N–H and O–H groups in total. The van der Waals surface area contributed by atoms with Crippen LogP contribution >= 0.6 is 0 Å².